The molecule has 0 radical (unpaired) electrons. The van der Waals surface area contributed by atoms with Gasteiger partial charge in [0.15, 0.2) is 0 Å². The normalized spacial score (nSPS) is 10.8. The second kappa shape index (κ2) is 8.02. The van der Waals surface area contributed by atoms with Crippen molar-refractivity contribution in [2.45, 2.75) is 19.8 Å². The van der Waals surface area contributed by atoms with Crippen molar-refractivity contribution in [3.63, 3.8) is 0 Å². The first-order chi connectivity index (χ1) is 9.12. The van der Waals surface area contributed by atoms with Gasteiger partial charge < -0.3 is 19.5 Å². The lowest BCUT2D eigenvalue weighted by Gasteiger charge is -2.18. The molecular weight excluding hydrogens is 242 g/mol. The van der Waals surface area contributed by atoms with Gasteiger partial charge in [-0.15, -0.1) is 0 Å². The minimum atomic E-state index is 0.245. The van der Waals surface area contributed by atoms with E-state index in [9.17, 15) is 0 Å². The van der Waals surface area contributed by atoms with E-state index in [1.807, 2.05) is 12.1 Å². The van der Waals surface area contributed by atoms with E-state index in [0.29, 0.717) is 0 Å². The van der Waals surface area contributed by atoms with E-state index < -0.39 is 0 Å². The van der Waals surface area contributed by atoms with Crippen LogP contribution < -0.4 is 9.47 Å². The summed E-state index contributed by atoms with van der Waals surface area (Å²) in [6.07, 6.45) is 1.75. The van der Waals surface area contributed by atoms with Crippen molar-refractivity contribution in [2.24, 2.45) is 0 Å². The van der Waals surface area contributed by atoms with Gasteiger partial charge in [-0.05, 0) is 44.0 Å². The molecule has 1 aromatic rings. The van der Waals surface area contributed by atoms with Crippen molar-refractivity contribution in [2.75, 3.05) is 41.0 Å². The van der Waals surface area contributed by atoms with Crippen molar-refractivity contribution in [3.8, 4) is 11.5 Å². The molecule has 0 heterocycles. The summed E-state index contributed by atoms with van der Waals surface area (Å²) in [6.45, 7) is 4.18. The second-order valence-corrected chi connectivity index (χ2v) is 4.76. The molecule has 0 aliphatic carbocycles. The second-order valence-electron chi connectivity index (χ2n) is 4.76. The summed E-state index contributed by atoms with van der Waals surface area (Å²) in [6, 6.07) is 3.96. The molecule has 1 N–H and O–H groups in total. The van der Waals surface area contributed by atoms with Gasteiger partial charge in [-0.1, -0.05) is 0 Å². The van der Waals surface area contributed by atoms with Crippen LogP contribution in [0, 0.1) is 6.92 Å². The molecule has 0 bridgehead atoms. The average Bonchev–Trinajstić information content (AvgIpc) is 2.42. The Morgan fingerprint density at radius 2 is 1.89 bits per heavy atom. The van der Waals surface area contributed by atoms with Gasteiger partial charge >= 0.3 is 0 Å². The molecule has 0 spiro atoms. The fraction of sp³-hybridized carbons (Fsp3) is 0.600. The Hall–Kier alpha value is -1.26. The number of benzene rings is 1. The fourth-order valence-electron chi connectivity index (χ4n) is 2.13. The van der Waals surface area contributed by atoms with E-state index in [1.165, 1.54) is 11.1 Å². The molecule has 1 rings (SSSR count). The van der Waals surface area contributed by atoms with Crippen molar-refractivity contribution in [1.82, 2.24) is 4.90 Å². The summed E-state index contributed by atoms with van der Waals surface area (Å²) in [7, 11) is 5.42. The van der Waals surface area contributed by atoms with Crippen LogP contribution >= 0.6 is 0 Å². The predicted molar refractivity (Wildman–Crippen MR) is 77.2 cm³/mol. The Labute approximate surface area is 115 Å². The molecule has 19 heavy (non-hydrogen) atoms. The summed E-state index contributed by atoms with van der Waals surface area (Å²) in [4.78, 5) is 2.22. The summed E-state index contributed by atoms with van der Waals surface area (Å²) >= 11 is 0. The van der Waals surface area contributed by atoms with Crippen LogP contribution in [0.1, 0.15) is 17.5 Å². The topological polar surface area (TPSA) is 41.9 Å². The third-order valence-electron chi connectivity index (χ3n) is 3.30. The number of nitrogens with zero attached hydrogens (tertiary/aromatic N) is 1. The van der Waals surface area contributed by atoms with E-state index in [0.717, 1.165) is 37.4 Å². The highest BCUT2D eigenvalue weighted by Crippen LogP contribution is 2.28. The van der Waals surface area contributed by atoms with Crippen molar-refractivity contribution >= 4 is 0 Å². The third kappa shape index (κ3) is 4.73. The van der Waals surface area contributed by atoms with Crippen LogP contribution in [0.3, 0.4) is 0 Å². The largest absolute Gasteiger partial charge is 0.497 e. The first-order valence-electron chi connectivity index (χ1n) is 6.63. The first kappa shape index (κ1) is 15.8. The highest BCUT2D eigenvalue weighted by atomic mass is 16.5. The van der Waals surface area contributed by atoms with E-state index in [-0.39, 0.29) is 6.61 Å². The number of hydrogen-bond donors (Lipinski definition) is 1. The van der Waals surface area contributed by atoms with Crippen LogP contribution in [0.15, 0.2) is 12.1 Å². The summed E-state index contributed by atoms with van der Waals surface area (Å²) < 4.78 is 10.7. The van der Waals surface area contributed by atoms with E-state index in [2.05, 4.69) is 18.9 Å². The van der Waals surface area contributed by atoms with Crippen LogP contribution in [0.5, 0.6) is 11.5 Å². The lowest BCUT2D eigenvalue weighted by atomic mass is 10.0. The Balaban J connectivity index is 2.71. The smallest absolute Gasteiger partial charge is 0.126 e. The maximum atomic E-state index is 8.82. The molecule has 0 unspecified atom stereocenters. The van der Waals surface area contributed by atoms with Gasteiger partial charge in [0, 0.05) is 25.8 Å². The van der Waals surface area contributed by atoms with Crippen molar-refractivity contribution in [1.29, 1.82) is 0 Å². The van der Waals surface area contributed by atoms with Crippen molar-refractivity contribution < 1.29 is 14.6 Å². The average molecular weight is 267 g/mol. The van der Waals surface area contributed by atoms with Gasteiger partial charge in [0.25, 0.3) is 0 Å². The fourth-order valence-corrected chi connectivity index (χ4v) is 2.13. The van der Waals surface area contributed by atoms with E-state index in [1.54, 1.807) is 14.2 Å². The van der Waals surface area contributed by atoms with Gasteiger partial charge in [-0.3, -0.25) is 0 Å². The molecule has 4 nitrogen and oxygen atoms in total. The first-order valence-corrected chi connectivity index (χ1v) is 6.63. The number of ether oxygens (including phenoxy) is 2. The standard InChI is InChI=1S/C15H25NO3/c1-12-10-13(18-3)11-15(19-4)14(12)6-8-16(2)7-5-9-17/h10-11,17H,5-9H2,1-4H3. The lowest BCUT2D eigenvalue weighted by molar-refractivity contribution is 0.248. The highest BCUT2D eigenvalue weighted by Gasteiger charge is 2.10. The van der Waals surface area contributed by atoms with Crippen LogP contribution in [0.4, 0.5) is 0 Å². The molecule has 0 saturated carbocycles. The Morgan fingerprint density at radius 1 is 1.16 bits per heavy atom. The molecule has 0 aromatic heterocycles. The Bertz CT molecular complexity index is 393. The van der Waals surface area contributed by atoms with Crippen LogP contribution in [0.25, 0.3) is 0 Å². The third-order valence-corrected chi connectivity index (χ3v) is 3.30. The molecule has 0 atom stereocenters. The molecule has 0 saturated heterocycles. The molecular formula is C15H25NO3. The van der Waals surface area contributed by atoms with Gasteiger partial charge in [0.1, 0.15) is 11.5 Å². The zero-order chi connectivity index (χ0) is 14.3. The van der Waals surface area contributed by atoms with Gasteiger partial charge in [-0.2, -0.15) is 0 Å². The molecule has 0 aliphatic rings. The quantitative estimate of drug-likeness (QED) is 0.781. The SMILES string of the molecule is COc1cc(C)c(CCN(C)CCCO)c(OC)c1. The Morgan fingerprint density at radius 3 is 2.47 bits per heavy atom. The molecule has 1 aromatic carbocycles. The Kier molecular flexibility index (Phi) is 6.67. The minimum absolute atomic E-state index is 0.245. The van der Waals surface area contributed by atoms with Crippen LogP contribution in [-0.2, 0) is 6.42 Å². The minimum Gasteiger partial charge on any atom is -0.497 e. The maximum Gasteiger partial charge on any atom is 0.126 e. The zero-order valence-electron chi connectivity index (χ0n) is 12.4. The van der Waals surface area contributed by atoms with E-state index in [4.69, 9.17) is 14.6 Å². The molecule has 4 heteroatoms. The lowest BCUT2D eigenvalue weighted by Crippen LogP contribution is -2.23. The number of hydrogen-bond acceptors (Lipinski definition) is 4. The van der Waals surface area contributed by atoms with E-state index >= 15 is 0 Å². The molecule has 0 amide bonds. The summed E-state index contributed by atoms with van der Waals surface area (Å²) in [5, 5.41) is 8.82. The number of aryl methyl sites for hydroxylation is 1. The summed E-state index contributed by atoms with van der Waals surface area (Å²) in [5.41, 5.74) is 2.41. The molecule has 0 fully saturated rings. The zero-order valence-corrected chi connectivity index (χ0v) is 12.4. The monoisotopic (exact) mass is 267 g/mol. The number of likely N-dealkylation sites (N-methyl/N-ethyl adjacent to an activating group) is 1. The summed E-state index contributed by atoms with van der Waals surface area (Å²) in [5.74, 6) is 1.71. The maximum absolute atomic E-state index is 8.82. The number of methoxy groups -OCH3 is 2. The van der Waals surface area contributed by atoms with Gasteiger partial charge in [0.2, 0.25) is 0 Å². The predicted octanol–water partition coefficient (Wildman–Crippen LogP) is 1.87. The molecule has 0 aliphatic heterocycles. The number of aliphatic hydroxyl groups is 1. The van der Waals surface area contributed by atoms with Crippen molar-refractivity contribution in [3.05, 3.63) is 23.3 Å². The number of aliphatic hydroxyl groups excluding tert-OH is 1. The highest BCUT2D eigenvalue weighted by molar-refractivity contribution is 5.46. The van der Waals surface area contributed by atoms with Gasteiger partial charge in [0.05, 0.1) is 14.2 Å². The van der Waals surface area contributed by atoms with Gasteiger partial charge in [-0.25, -0.2) is 0 Å². The molecule has 108 valence electrons. The van der Waals surface area contributed by atoms with Crippen LogP contribution in [0.2, 0.25) is 0 Å². The number of rotatable bonds is 8. The van der Waals surface area contributed by atoms with Crippen LogP contribution in [-0.4, -0.2) is 51.0 Å².